The number of hydrogen-bond acceptors (Lipinski definition) is 7. The quantitative estimate of drug-likeness (QED) is 0.634. The van der Waals surface area contributed by atoms with Crippen molar-refractivity contribution in [3.63, 3.8) is 0 Å². The zero-order chi connectivity index (χ0) is 19.9. The molecule has 1 aromatic heterocycles. The predicted molar refractivity (Wildman–Crippen MR) is 115 cm³/mol. The van der Waals surface area contributed by atoms with E-state index in [-0.39, 0.29) is 11.9 Å². The molecule has 0 spiro atoms. The fourth-order valence-electron chi connectivity index (χ4n) is 2.51. The number of carbonyl (C=O) groups is 1. The Labute approximate surface area is 168 Å². The third-order valence-electron chi connectivity index (χ3n) is 4.06. The topological polar surface area (TPSA) is 97.0 Å². The highest BCUT2D eigenvalue weighted by Gasteiger charge is 2.12. The summed E-state index contributed by atoms with van der Waals surface area (Å²) >= 11 is 1.44. The third kappa shape index (κ3) is 5.20. The molecule has 2 aromatic carbocycles. The van der Waals surface area contributed by atoms with E-state index in [1.54, 1.807) is 11.9 Å². The number of thioether (sulfide) groups is 1. The van der Waals surface area contributed by atoms with Crippen LogP contribution in [0.25, 0.3) is 0 Å². The zero-order valence-electron chi connectivity index (χ0n) is 15.8. The van der Waals surface area contributed by atoms with Gasteiger partial charge in [0.15, 0.2) is 0 Å². The van der Waals surface area contributed by atoms with Gasteiger partial charge in [-0.05, 0) is 30.7 Å². The number of nitrogen functional groups attached to an aromatic ring is 1. The molecule has 0 saturated heterocycles. The highest BCUT2D eigenvalue weighted by molar-refractivity contribution is 7.99. The summed E-state index contributed by atoms with van der Waals surface area (Å²) in [5.41, 5.74) is 8.67. The molecule has 0 radical (unpaired) electrons. The van der Waals surface area contributed by atoms with Gasteiger partial charge in [0.1, 0.15) is 5.82 Å². The van der Waals surface area contributed by atoms with Crippen molar-refractivity contribution in [1.82, 2.24) is 15.0 Å². The molecule has 1 amide bonds. The van der Waals surface area contributed by atoms with Crippen molar-refractivity contribution in [3.05, 3.63) is 66.0 Å². The van der Waals surface area contributed by atoms with Crippen LogP contribution in [0.1, 0.15) is 11.4 Å². The fourth-order valence-corrected chi connectivity index (χ4v) is 3.30. The Morgan fingerprint density at radius 3 is 2.54 bits per heavy atom. The first-order chi connectivity index (χ1) is 13.5. The number of nitrogens with one attached hydrogen (secondary N) is 1. The van der Waals surface area contributed by atoms with Gasteiger partial charge < -0.3 is 16.0 Å². The van der Waals surface area contributed by atoms with Gasteiger partial charge in [-0.1, -0.05) is 36.4 Å². The molecule has 3 N–H and O–H groups in total. The van der Waals surface area contributed by atoms with E-state index in [2.05, 4.69) is 20.3 Å². The molecule has 144 valence electrons. The Kier molecular flexibility index (Phi) is 6.44. The van der Waals surface area contributed by atoms with E-state index in [1.807, 2.05) is 61.5 Å². The molecule has 0 aliphatic carbocycles. The van der Waals surface area contributed by atoms with E-state index < -0.39 is 0 Å². The summed E-state index contributed by atoms with van der Waals surface area (Å²) < 4.78 is 0. The number of para-hydroxylation sites is 2. The number of benzene rings is 2. The maximum Gasteiger partial charge on any atom is 0.236 e. The maximum absolute atomic E-state index is 12.4. The first-order valence-corrected chi connectivity index (χ1v) is 9.91. The van der Waals surface area contributed by atoms with Crippen molar-refractivity contribution in [2.45, 2.75) is 12.7 Å². The van der Waals surface area contributed by atoms with Gasteiger partial charge in [0.05, 0.1) is 11.5 Å². The first kappa shape index (κ1) is 19.6. The first-order valence-electron chi connectivity index (χ1n) is 8.75. The van der Waals surface area contributed by atoms with Crippen LogP contribution in [0.4, 0.5) is 23.3 Å². The Bertz CT molecular complexity index is 950. The molecule has 0 unspecified atom stereocenters. The summed E-state index contributed by atoms with van der Waals surface area (Å²) in [6.07, 6.45) is 0. The fraction of sp³-hybridized carbons (Fsp3) is 0.200. The van der Waals surface area contributed by atoms with Gasteiger partial charge in [-0.3, -0.25) is 4.79 Å². The molecule has 0 aliphatic heterocycles. The number of nitrogens with zero attached hydrogens (tertiary/aromatic N) is 4. The van der Waals surface area contributed by atoms with Crippen LogP contribution < -0.4 is 16.0 Å². The van der Waals surface area contributed by atoms with E-state index in [9.17, 15) is 4.79 Å². The lowest BCUT2D eigenvalue weighted by Crippen LogP contribution is -2.27. The van der Waals surface area contributed by atoms with Crippen LogP contribution in [0.15, 0.2) is 54.6 Å². The van der Waals surface area contributed by atoms with Crippen molar-refractivity contribution in [2.75, 3.05) is 28.8 Å². The molecule has 3 rings (SSSR count). The van der Waals surface area contributed by atoms with Crippen LogP contribution in [0.2, 0.25) is 0 Å². The van der Waals surface area contributed by atoms with Crippen LogP contribution in [-0.4, -0.2) is 33.7 Å². The van der Waals surface area contributed by atoms with Gasteiger partial charge in [-0.2, -0.15) is 15.0 Å². The van der Waals surface area contributed by atoms with Crippen molar-refractivity contribution >= 4 is 40.9 Å². The van der Waals surface area contributed by atoms with Gasteiger partial charge in [0.2, 0.25) is 17.8 Å². The molecule has 0 atom stereocenters. The molecule has 0 aliphatic rings. The van der Waals surface area contributed by atoms with E-state index >= 15 is 0 Å². The molecule has 3 aromatic rings. The lowest BCUT2D eigenvalue weighted by molar-refractivity contribution is -0.115. The lowest BCUT2D eigenvalue weighted by atomic mass is 10.2. The van der Waals surface area contributed by atoms with Crippen LogP contribution in [0.5, 0.6) is 0 Å². The van der Waals surface area contributed by atoms with Crippen molar-refractivity contribution in [2.24, 2.45) is 0 Å². The summed E-state index contributed by atoms with van der Waals surface area (Å²) in [5.74, 6) is 1.86. The summed E-state index contributed by atoms with van der Waals surface area (Å²) in [4.78, 5) is 26.7. The average Bonchev–Trinajstić information content (AvgIpc) is 2.69. The Morgan fingerprint density at radius 1 is 1.07 bits per heavy atom. The van der Waals surface area contributed by atoms with E-state index in [4.69, 9.17) is 5.73 Å². The van der Waals surface area contributed by atoms with Crippen LogP contribution in [0, 0.1) is 6.92 Å². The number of aromatic nitrogens is 3. The predicted octanol–water partition coefficient (Wildman–Crippen LogP) is 3.40. The summed E-state index contributed by atoms with van der Waals surface area (Å²) in [6.45, 7) is 2.00. The Hall–Kier alpha value is -3.13. The SMILES string of the molecule is Cc1ccccc1Nc1nc(N)nc(CSCC(=O)N(C)c2ccccc2)n1. The van der Waals surface area contributed by atoms with Crippen LogP contribution >= 0.6 is 11.8 Å². The molecule has 0 fully saturated rings. The van der Waals surface area contributed by atoms with Crippen molar-refractivity contribution in [3.8, 4) is 0 Å². The second-order valence-electron chi connectivity index (χ2n) is 6.15. The van der Waals surface area contributed by atoms with Gasteiger partial charge >= 0.3 is 0 Å². The molecule has 0 bridgehead atoms. The number of carbonyl (C=O) groups excluding carboxylic acids is 1. The number of anilines is 4. The maximum atomic E-state index is 12.4. The molecule has 8 heteroatoms. The van der Waals surface area contributed by atoms with Crippen LogP contribution in [-0.2, 0) is 10.5 Å². The minimum Gasteiger partial charge on any atom is -0.368 e. The van der Waals surface area contributed by atoms with Crippen molar-refractivity contribution < 1.29 is 4.79 Å². The number of aryl methyl sites for hydroxylation is 1. The van der Waals surface area contributed by atoms with Gasteiger partial charge in [-0.15, -0.1) is 11.8 Å². The largest absolute Gasteiger partial charge is 0.368 e. The van der Waals surface area contributed by atoms with E-state index in [0.717, 1.165) is 16.9 Å². The number of hydrogen-bond donors (Lipinski definition) is 2. The van der Waals surface area contributed by atoms with E-state index in [1.165, 1.54) is 11.8 Å². The van der Waals surface area contributed by atoms with Crippen molar-refractivity contribution in [1.29, 1.82) is 0 Å². The smallest absolute Gasteiger partial charge is 0.236 e. The summed E-state index contributed by atoms with van der Waals surface area (Å²) in [5, 5.41) is 3.17. The number of nitrogens with two attached hydrogens (primary N) is 1. The zero-order valence-corrected chi connectivity index (χ0v) is 16.6. The van der Waals surface area contributed by atoms with Gasteiger partial charge in [-0.25, -0.2) is 0 Å². The molecule has 7 nitrogen and oxygen atoms in total. The Balaban J connectivity index is 1.59. The van der Waals surface area contributed by atoms with Gasteiger partial charge in [0, 0.05) is 18.4 Å². The second-order valence-corrected chi connectivity index (χ2v) is 7.14. The standard InChI is InChI=1S/C20H22N6OS/c1-14-8-6-7-11-16(14)22-20-24-17(23-19(21)25-20)12-28-13-18(27)26(2)15-9-4-3-5-10-15/h3-11H,12-13H2,1-2H3,(H3,21,22,23,24,25). The summed E-state index contributed by atoms with van der Waals surface area (Å²) in [6, 6.07) is 17.4. The molecule has 28 heavy (non-hydrogen) atoms. The highest BCUT2D eigenvalue weighted by atomic mass is 32.2. The minimum atomic E-state index is 0.0106. The molecule has 0 saturated carbocycles. The number of rotatable bonds is 7. The van der Waals surface area contributed by atoms with Gasteiger partial charge in [0.25, 0.3) is 0 Å². The lowest BCUT2D eigenvalue weighted by Gasteiger charge is -2.16. The third-order valence-corrected chi connectivity index (χ3v) is 4.98. The highest BCUT2D eigenvalue weighted by Crippen LogP contribution is 2.19. The van der Waals surface area contributed by atoms with E-state index in [0.29, 0.717) is 23.3 Å². The minimum absolute atomic E-state index is 0.0106. The normalized spacial score (nSPS) is 10.5. The second kappa shape index (κ2) is 9.18. The Morgan fingerprint density at radius 2 is 1.79 bits per heavy atom. The monoisotopic (exact) mass is 394 g/mol. The molecular weight excluding hydrogens is 372 g/mol. The average molecular weight is 395 g/mol. The number of amides is 1. The van der Waals surface area contributed by atoms with Crippen LogP contribution in [0.3, 0.4) is 0 Å². The summed E-state index contributed by atoms with van der Waals surface area (Å²) in [7, 11) is 1.77. The molecule has 1 heterocycles. The molecular formula is C20H22N6OS.